The number of furan rings is 1. The van der Waals surface area contributed by atoms with Gasteiger partial charge in [-0.15, -0.1) is 0 Å². The Labute approximate surface area is 127 Å². The standard InChI is InChI=1S/C13H18N4O3S/c1-9-4-2-3-5-11(9)15-13(21)16-14-8-10-6-7-12(20-10)17(18)19/h6-9,11H,2-5H2,1H3,(H2,15,16,21)/b14-8-/t9-,11+/m1/s1. The smallest absolute Gasteiger partial charge is 0.400 e. The van der Waals surface area contributed by atoms with Crippen molar-refractivity contribution >= 4 is 29.4 Å². The summed E-state index contributed by atoms with van der Waals surface area (Å²) in [6.07, 6.45) is 6.15. The molecule has 2 N–H and O–H groups in total. The maximum absolute atomic E-state index is 10.5. The quantitative estimate of drug-likeness (QED) is 0.384. The minimum atomic E-state index is -0.596. The molecule has 2 atom stereocenters. The molecule has 1 aromatic rings. The van der Waals surface area contributed by atoms with E-state index in [1.807, 2.05) is 0 Å². The summed E-state index contributed by atoms with van der Waals surface area (Å²) >= 11 is 5.18. The maximum Gasteiger partial charge on any atom is 0.433 e. The van der Waals surface area contributed by atoms with Gasteiger partial charge in [-0.25, -0.2) is 0 Å². The lowest BCUT2D eigenvalue weighted by atomic mass is 9.86. The van der Waals surface area contributed by atoms with Gasteiger partial charge in [-0.3, -0.25) is 15.5 Å². The molecule has 1 heterocycles. The summed E-state index contributed by atoms with van der Waals surface area (Å²) in [4.78, 5) is 9.87. The van der Waals surface area contributed by atoms with Gasteiger partial charge in [-0.05, 0) is 37.0 Å². The molecule has 0 aromatic carbocycles. The van der Waals surface area contributed by atoms with Gasteiger partial charge in [0, 0.05) is 6.04 Å². The van der Waals surface area contributed by atoms with Gasteiger partial charge in [0.25, 0.3) is 0 Å². The van der Waals surface area contributed by atoms with Crippen LogP contribution in [0.4, 0.5) is 5.88 Å². The molecule has 0 amide bonds. The summed E-state index contributed by atoms with van der Waals surface area (Å²) in [7, 11) is 0. The highest BCUT2D eigenvalue weighted by Crippen LogP contribution is 2.23. The number of hydrogen-bond donors (Lipinski definition) is 2. The lowest BCUT2D eigenvalue weighted by molar-refractivity contribution is -0.402. The fourth-order valence-electron chi connectivity index (χ4n) is 2.40. The second-order valence-corrected chi connectivity index (χ2v) is 5.55. The summed E-state index contributed by atoms with van der Waals surface area (Å²) in [5.41, 5.74) is 2.70. The molecule has 0 aliphatic heterocycles. The molecule has 0 spiro atoms. The predicted molar refractivity (Wildman–Crippen MR) is 83.2 cm³/mol. The lowest BCUT2D eigenvalue weighted by Gasteiger charge is -2.30. The highest BCUT2D eigenvalue weighted by molar-refractivity contribution is 7.80. The maximum atomic E-state index is 10.5. The molecule has 1 fully saturated rings. The van der Waals surface area contributed by atoms with E-state index < -0.39 is 4.92 Å². The van der Waals surface area contributed by atoms with Crippen LogP contribution in [0.25, 0.3) is 0 Å². The van der Waals surface area contributed by atoms with Crippen molar-refractivity contribution in [3.05, 3.63) is 28.0 Å². The molecule has 1 aliphatic carbocycles. The summed E-state index contributed by atoms with van der Waals surface area (Å²) in [5.74, 6) is 0.575. The monoisotopic (exact) mass is 310 g/mol. The lowest BCUT2D eigenvalue weighted by Crippen LogP contribution is -2.44. The molecule has 7 nitrogen and oxygen atoms in total. The van der Waals surface area contributed by atoms with Crippen LogP contribution in [-0.2, 0) is 0 Å². The van der Waals surface area contributed by atoms with Crippen LogP contribution >= 0.6 is 12.2 Å². The van der Waals surface area contributed by atoms with Crippen LogP contribution < -0.4 is 10.7 Å². The van der Waals surface area contributed by atoms with E-state index in [0.717, 1.165) is 6.42 Å². The first-order valence-electron chi connectivity index (χ1n) is 6.90. The molecule has 1 saturated carbocycles. The molecule has 114 valence electrons. The van der Waals surface area contributed by atoms with Crippen molar-refractivity contribution in [2.45, 2.75) is 38.6 Å². The Hall–Kier alpha value is -1.96. The minimum Gasteiger partial charge on any atom is -0.400 e. The number of rotatable bonds is 4. The van der Waals surface area contributed by atoms with Gasteiger partial charge in [0.15, 0.2) is 10.9 Å². The van der Waals surface area contributed by atoms with Crippen molar-refractivity contribution in [2.75, 3.05) is 0 Å². The number of thiocarbonyl (C=S) groups is 1. The van der Waals surface area contributed by atoms with Crippen LogP contribution in [0.2, 0.25) is 0 Å². The summed E-state index contributed by atoms with van der Waals surface area (Å²) in [5, 5.41) is 18.1. The van der Waals surface area contributed by atoms with Gasteiger partial charge in [0.05, 0.1) is 12.3 Å². The highest BCUT2D eigenvalue weighted by Gasteiger charge is 2.21. The molecule has 1 aromatic heterocycles. The minimum absolute atomic E-state index is 0.294. The van der Waals surface area contributed by atoms with Gasteiger partial charge in [0.2, 0.25) is 0 Å². The Kier molecular flexibility index (Phi) is 5.26. The first-order valence-corrected chi connectivity index (χ1v) is 7.31. The molecule has 0 unspecified atom stereocenters. The molecular formula is C13H18N4O3S. The Morgan fingerprint density at radius 3 is 2.95 bits per heavy atom. The van der Waals surface area contributed by atoms with Crippen LogP contribution in [0.5, 0.6) is 0 Å². The van der Waals surface area contributed by atoms with E-state index in [1.165, 1.54) is 37.6 Å². The second-order valence-electron chi connectivity index (χ2n) is 5.14. The van der Waals surface area contributed by atoms with Crippen LogP contribution in [0, 0.1) is 16.0 Å². The van der Waals surface area contributed by atoms with Crippen molar-refractivity contribution < 1.29 is 9.34 Å². The Balaban J connectivity index is 1.79. The highest BCUT2D eigenvalue weighted by atomic mass is 32.1. The van der Waals surface area contributed by atoms with Gasteiger partial charge in [-0.1, -0.05) is 19.8 Å². The zero-order chi connectivity index (χ0) is 15.2. The summed E-state index contributed by atoms with van der Waals surface area (Å²) in [6.45, 7) is 2.21. The summed E-state index contributed by atoms with van der Waals surface area (Å²) < 4.78 is 4.94. The number of nitrogens with zero attached hydrogens (tertiary/aromatic N) is 2. The van der Waals surface area contributed by atoms with E-state index >= 15 is 0 Å². The molecule has 21 heavy (non-hydrogen) atoms. The van der Waals surface area contributed by atoms with Crippen molar-refractivity contribution in [3.8, 4) is 0 Å². The first kappa shape index (κ1) is 15.4. The SMILES string of the molecule is C[C@@H]1CCCC[C@@H]1NC(=S)N/N=C\c1ccc([N+](=O)[O-])o1. The van der Waals surface area contributed by atoms with Crippen LogP contribution in [0.15, 0.2) is 21.7 Å². The summed E-state index contributed by atoms with van der Waals surface area (Å²) in [6, 6.07) is 3.13. The van der Waals surface area contributed by atoms with Gasteiger partial charge < -0.3 is 9.73 Å². The van der Waals surface area contributed by atoms with E-state index in [4.69, 9.17) is 16.6 Å². The van der Waals surface area contributed by atoms with E-state index in [0.29, 0.717) is 22.8 Å². The fourth-order valence-corrected chi connectivity index (χ4v) is 2.60. The number of hydrogen-bond acceptors (Lipinski definition) is 5. The average Bonchev–Trinajstić information content (AvgIpc) is 2.90. The fraction of sp³-hybridized carbons (Fsp3) is 0.538. The molecule has 0 bridgehead atoms. The number of nitrogens with one attached hydrogen (secondary N) is 2. The van der Waals surface area contributed by atoms with Crippen molar-refractivity contribution in [2.24, 2.45) is 11.0 Å². The van der Waals surface area contributed by atoms with Crippen molar-refractivity contribution in [1.29, 1.82) is 0 Å². The van der Waals surface area contributed by atoms with E-state index in [9.17, 15) is 10.1 Å². The third-order valence-corrected chi connectivity index (χ3v) is 3.79. The molecule has 1 aliphatic rings. The molecule has 8 heteroatoms. The van der Waals surface area contributed by atoms with Crippen LogP contribution in [0.1, 0.15) is 38.4 Å². The van der Waals surface area contributed by atoms with E-state index in [1.54, 1.807) is 0 Å². The Morgan fingerprint density at radius 1 is 1.52 bits per heavy atom. The van der Waals surface area contributed by atoms with E-state index in [2.05, 4.69) is 22.8 Å². The van der Waals surface area contributed by atoms with Gasteiger partial charge in [0.1, 0.15) is 4.92 Å². The predicted octanol–water partition coefficient (Wildman–Crippen LogP) is 2.56. The number of nitro groups is 1. The molecule has 0 radical (unpaired) electrons. The second kappa shape index (κ2) is 7.16. The van der Waals surface area contributed by atoms with E-state index in [-0.39, 0.29) is 5.88 Å². The van der Waals surface area contributed by atoms with Crippen molar-refractivity contribution in [1.82, 2.24) is 10.7 Å². The van der Waals surface area contributed by atoms with Gasteiger partial charge in [-0.2, -0.15) is 5.10 Å². The van der Waals surface area contributed by atoms with Gasteiger partial charge >= 0.3 is 5.88 Å². The van der Waals surface area contributed by atoms with Crippen molar-refractivity contribution in [3.63, 3.8) is 0 Å². The average molecular weight is 310 g/mol. The first-order chi connectivity index (χ1) is 10.1. The Morgan fingerprint density at radius 2 is 2.29 bits per heavy atom. The molecular weight excluding hydrogens is 292 g/mol. The normalized spacial score (nSPS) is 22.1. The topological polar surface area (TPSA) is 92.7 Å². The third kappa shape index (κ3) is 4.52. The zero-order valence-electron chi connectivity index (χ0n) is 11.7. The zero-order valence-corrected chi connectivity index (χ0v) is 12.6. The largest absolute Gasteiger partial charge is 0.433 e. The molecule has 2 rings (SSSR count). The Bertz CT molecular complexity index is 543. The number of hydrazone groups is 1. The van der Waals surface area contributed by atoms with Crippen LogP contribution in [0.3, 0.4) is 0 Å². The van der Waals surface area contributed by atoms with Crippen LogP contribution in [-0.4, -0.2) is 22.3 Å². The third-order valence-electron chi connectivity index (χ3n) is 3.58. The molecule has 0 saturated heterocycles.